The fourth-order valence-corrected chi connectivity index (χ4v) is 3.34. The van der Waals surface area contributed by atoms with Crippen LogP contribution in [0.5, 0.6) is 0 Å². The SMILES string of the molecule is CCCCC1(CCCC)N=C(N)N(CCCNC(O)c2ccc[oH+]2)C1=O. The van der Waals surface area contributed by atoms with Crippen molar-refractivity contribution in [3.05, 3.63) is 24.2 Å². The van der Waals surface area contributed by atoms with E-state index >= 15 is 0 Å². The molecule has 2 heterocycles. The van der Waals surface area contributed by atoms with Gasteiger partial charge in [0.2, 0.25) is 12.5 Å². The maximum atomic E-state index is 13.0. The molecule has 0 aliphatic carbocycles. The number of nitrogens with one attached hydrogen (secondary N) is 1. The summed E-state index contributed by atoms with van der Waals surface area (Å²) < 4.78 is 4.06. The van der Waals surface area contributed by atoms with Crippen LogP contribution < -0.4 is 11.1 Å². The zero-order valence-corrected chi connectivity index (χ0v) is 15.9. The molecule has 0 spiro atoms. The summed E-state index contributed by atoms with van der Waals surface area (Å²) in [6.07, 6.45) is 7.07. The molecule has 2 rings (SSSR count). The van der Waals surface area contributed by atoms with E-state index in [0.717, 1.165) is 38.5 Å². The lowest BCUT2D eigenvalue weighted by atomic mass is 9.87. The van der Waals surface area contributed by atoms with Crippen LogP contribution in [-0.2, 0) is 4.79 Å². The smallest absolute Gasteiger partial charge is 0.280 e. The highest BCUT2D eigenvalue weighted by molar-refractivity contribution is 6.06. The fourth-order valence-electron chi connectivity index (χ4n) is 3.34. The summed E-state index contributed by atoms with van der Waals surface area (Å²) in [6, 6.07) is 3.55. The number of carbonyl (C=O) groups excluding carboxylic acids is 1. The highest BCUT2D eigenvalue weighted by Gasteiger charge is 2.46. The molecule has 5 N–H and O–H groups in total. The average Bonchev–Trinajstić information content (AvgIpc) is 3.24. The largest absolute Gasteiger partial charge is 0.552 e. The molecule has 26 heavy (non-hydrogen) atoms. The number of rotatable bonds is 12. The normalized spacial score (nSPS) is 17.6. The van der Waals surface area contributed by atoms with E-state index < -0.39 is 11.8 Å². The van der Waals surface area contributed by atoms with E-state index in [2.05, 4.69) is 28.6 Å². The number of carbonyl (C=O) groups is 1. The van der Waals surface area contributed by atoms with Gasteiger partial charge >= 0.3 is 0 Å². The Balaban J connectivity index is 1.87. The van der Waals surface area contributed by atoms with Gasteiger partial charge in [-0.15, -0.1) is 0 Å². The molecule has 0 bridgehead atoms. The summed E-state index contributed by atoms with van der Waals surface area (Å²) in [5.74, 6) is 0.970. The Morgan fingerprint density at radius 2 is 2.00 bits per heavy atom. The van der Waals surface area contributed by atoms with Crippen LogP contribution >= 0.6 is 0 Å². The van der Waals surface area contributed by atoms with Crippen LogP contribution in [0.2, 0.25) is 0 Å². The van der Waals surface area contributed by atoms with Crippen molar-refractivity contribution in [2.45, 2.75) is 70.6 Å². The van der Waals surface area contributed by atoms with Crippen LogP contribution in [-0.4, -0.2) is 40.5 Å². The number of aliphatic imine (C=N–C) groups is 1. The van der Waals surface area contributed by atoms with E-state index in [4.69, 9.17) is 5.73 Å². The van der Waals surface area contributed by atoms with Crippen LogP contribution in [0.15, 0.2) is 27.8 Å². The lowest BCUT2D eigenvalue weighted by Crippen LogP contribution is -2.45. The molecule has 146 valence electrons. The van der Waals surface area contributed by atoms with Crippen molar-refractivity contribution in [3.8, 4) is 0 Å². The number of nitrogens with zero attached hydrogens (tertiary/aromatic N) is 2. The first-order chi connectivity index (χ1) is 12.5. The van der Waals surface area contributed by atoms with Gasteiger partial charge in [0, 0.05) is 18.7 Å². The lowest BCUT2D eigenvalue weighted by molar-refractivity contribution is -0.131. The van der Waals surface area contributed by atoms with Gasteiger partial charge < -0.3 is 15.3 Å². The molecular weight excluding hydrogens is 332 g/mol. The number of hydrogen-bond acceptors (Lipinski definition) is 5. The Hall–Kier alpha value is -1.86. The summed E-state index contributed by atoms with van der Waals surface area (Å²) in [4.78, 5) is 19.2. The van der Waals surface area contributed by atoms with Gasteiger partial charge in [-0.05, 0) is 25.8 Å². The molecule has 0 aromatic carbocycles. The Kier molecular flexibility index (Phi) is 7.66. The number of aliphatic hydroxyl groups excluding tert-OH is 1. The van der Waals surface area contributed by atoms with Gasteiger partial charge in [-0.1, -0.05) is 39.5 Å². The van der Waals surface area contributed by atoms with Gasteiger partial charge in [-0.2, -0.15) is 0 Å². The highest BCUT2D eigenvalue weighted by Crippen LogP contribution is 2.32. The second-order valence-electron chi connectivity index (χ2n) is 6.94. The first-order valence-corrected chi connectivity index (χ1v) is 9.70. The third-order valence-corrected chi connectivity index (χ3v) is 4.89. The van der Waals surface area contributed by atoms with Gasteiger partial charge in [0.25, 0.3) is 11.7 Å². The molecule has 1 amide bonds. The molecule has 1 atom stereocenters. The van der Waals surface area contributed by atoms with E-state index in [-0.39, 0.29) is 5.91 Å². The predicted octanol–water partition coefficient (Wildman–Crippen LogP) is 2.64. The third kappa shape index (κ3) is 4.86. The zero-order valence-electron chi connectivity index (χ0n) is 15.9. The molecule has 0 saturated heterocycles. The van der Waals surface area contributed by atoms with Gasteiger partial charge in [-0.25, -0.2) is 4.99 Å². The topological polar surface area (TPSA) is 104 Å². The van der Waals surface area contributed by atoms with Crippen molar-refractivity contribution < 1.29 is 14.3 Å². The number of nitrogens with two attached hydrogens (primary N) is 1. The number of aliphatic hydroxyl groups is 1. The first-order valence-electron chi connectivity index (χ1n) is 9.70. The first kappa shape index (κ1) is 20.5. The van der Waals surface area contributed by atoms with Crippen LogP contribution in [0.4, 0.5) is 0 Å². The minimum absolute atomic E-state index is 0.0372. The maximum Gasteiger partial charge on any atom is 0.280 e. The number of amides is 1. The number of furan rings is 1. The molecule has 1 unspecified atom stereocenters. The van der Waals surface area contributed by atoms with Crippen molar-refractivity contribution in [1.82, 2.24) is 10.2 Å². The quantitative estimate of drug-likeness (QED) is 0.301. The fraction of sp³-hybridized carbons (Fsp3) is 0.684. The van der Waals surface area contributed by atoms with Crippen molar-refractivity contribution in [2.24, 2.45) is 10.7 Å². The molecule has 1 aromatic heterocycles. The molecule has 0 saturated carbocycles. The highest BCUT2D eigenvalue weighted by atomic mass is 16.4. The molecule has 1 aliphatic rings. The number of unbranched alkanes of at least 4 members (excludes halogenated alkanes) is 2. The number of guanidine groups is 1. The van der Waals surface area contributed by atoms with Crippen LogP contribution in [0, 0.1) is 0 Å². The van der Waals surface area contributed by atoms with Gasteiger partial charge in [0.1, 0.15) is 5.54 Å². The molecule has 7 heteroatoms. The molecule has 0 radical (unpaired) electrons. The summed E-state index contributed by atoms with van der Waals surface area (Å²) in [5, 5.41) is 13.0. The monoisotopic (exact) mass is 365 g/mol. The second-order valence-corrected chi connectivity index (χ2v) is 6.94. The third-order valence-electron chi connectivity index (χ3n) is 4.89. The van der Waals surface area contributed by atoms with Gasteiger partial charge in [-0.3, -0.25) is 15.0 Å². The van der Waals surface area contributed by atoms with Gasteiger partial charge in [0.05, 0.1) is 0 Å². The summed E-state index contributed by atoms with van der Waals surface area (Å²) >= 11 is 0. The van der Waals surface area contributed by atoms with Crippen LogP contribution in [0.25, 0.3) is 0 Å². The molecular formula is C19H33N4O3+. The standard InChI is InChI=1S/C19H32N4O3/c1-3-5-10-19(11-6-4-2)17(25)23(18(20)22-19)13-8-12-21-16(24)15-9-7-14-26-15/h7,9,14,16,21,24H,3-6,8,10-13H2,1-2H3,(H2,20,22)/p+1. The minimum atomic E-state index is -0.793. The average molecular weight is 365 g/mol. The molecule has 1 aliphatic heterocycles. The van der Waals surface area contributed by atoms with E-state index in [1.54, 1.807) is 23.3 Å². The summed E-state index contributed by atoms with van der Waals surface area (Å²) in [6.45, 7) is 5.30. The van der Waals surface area contributed by atoms with E-state index in [0.29, 0.717) is 31.2 Å². The molecule has 1 aromatic rings. The molecule has 0 fully saturated rings. The Labute approximate surface area is 155 Å². The lowest BCUT2D eigenvalue weighted by Gasteiger charge is -2.26. The maximum absolute atomic E-state index is 13.0. The summed E-state index contributed by atoms with van der Waals surface area (Å²) in [7, 11) is 0. The predicted molar refractivity (Wildman–Crippen MR) is 103 cm³/mol. The second kappa shape index (κ2) is 9.73. The van der Waals surface area contributed by atoms with Crippen molar-refractivity contribution in [2.75, 3.05) is 13.1 Å². The van der Waals surface area contributed by atoms with Crippen molar-refractivity contribution in [1.29, 1.82) is 0 Å². The van der Waals surface area contributed by atoms with Crippen LogP contribution in [0.1, 0.15) is 70.8 Å². The Bertz CT molecular complexity index is 578. The van der Waals surface area contributed by atoms with Crippen LogP contribution in [0.3, 0.4) is 0 Å². The summed E-state index contributed by atoms with van der Waals surface area (Å²) in [5.41, 5.74) is 5.42. The van der Waals surface area contributed by atoms with Crippen molar-refractivity contribution >= 4 is 11.9 Å². The van der Waals surface area contributed by atoms with Crippen molar-refractivity contribution in [3.63, 3.8) is 0 Å². The van der Waals surface area contributed by atoms with Gasteiger partial charge in [0.15, 0.2) is 5.96 Å². The molecule has 7 nitrogen and oxygen atoms in total. The van der Waals surface area contributed by atoms with E-state index in [1.807, 2.05) is 0 Å². The zero-order chi connectivity index (χ0) is 19.0. The minimum Gasteiger partial charge on any atom is -0.552 e. The van der Waals surface area contributed by atoms with E-state index in [1.165, 1.54) is 0 Å². The van der Waals surface area contributed by atoms with E-state index in [9.17, 15) is 9.90 Å². The Morgan fingerprint density at radius 1 is 1.31 bits per heavy atom. The number of hydrogen-bond donors (Lipinski definition) is 3. The Morgan fingerprint density at radius 3 is 2.58 bits per heavy atom.